The van der Waals surface area contributed by atoms with E-state index in [4.69, 9.17) is 0 Å². The Balaban J connectivity index is 2.56. The average molecular weight is 327 g/mol. The van der Waals surface area contributed by atoms with Crippen LogP contribution in [0.15, 0.2) is 22.7 Å². The highest BCUT2D eigenvalue weighted by molar-refractivity contribution is 9.10. The molecule has 1 rings (SSSR count). The fourth-order valence-electron chi connectivity index (χ4n) is 1.90. The van der Waals surface area contributed by atoms with Crippen LogP contribution in [0.1, 0.15) is 32.8 Å². The third kappa shape index (κ3) is 5.33. The van der Waals surface area contributed by atoms with Gasteiger partial charge in [-0.1, -0.05) is 26.8 Å². The van der Waals surface area contributed by atoms with Crippen LogP contribution in [0, 0.1) is 0 Å². The van der Waals surface area contributed by atoms with E-state index in [0.717, 1.165) is 36.2 Å². The van der Waals surface area contributed by atoms with Crippen LogP contribution in [0.4, 0.5) is 5.69 Å². The highest BCUT2D eigenvalue weighted by Crippen LogP contribution is 2.24. The highest BCUT2D eigenvalue weighted by atomic mass is 79.9. The molecule has 3 nitrogen and oxygen atoms in total. The topological polar surface area (TPSA) is 32.3 Å². The molecule has 4 heteroatoms. The lowest BCUT2D eigenvalue weighted by molar-refractivity contribution is -0.116. The van der Waals surface area contributed by atoms with Gasteiger partial charge >= 0.3 is 0 Å². The van der Waals surface area contributed by atoms with Crippen LogP contribution in [0.25, 0.3) is 0 Å². The van der Waals surface area contributed by atoms with E-state index in [-0.39, 0.29) is 5.91 Å². The van der Waals surface area contributed by atoms with Gasteiger partial charge < -0.3 is 10.2 Å². The minimum absolute atomic E-state index is 0.0702. The van der Waals surface area contributed by atoms with Gasteiger partial charge in [-0.2, -0.15) is 0 Å². The van der Waals surface area contributed by atoms with Crippen LogP contribution in [0.5, 0.6) is 0 Å². The van der Waals surface area contributed by atoms with Gasteiger partial charge in [0.1, 0.15) is 0 Å². The number of aryl methyl sites for hydroxylation is 1. The second-order valence-corrected chi connectivity index (χ2v) is 5.35. The molecule has 0 aliphatic rings. The van der Waals surface area contributed by atoms with E-state index in [1.807, 2.05) is 12.1 Å². The standard InChI is InChI=1S/C15H23BrN2O/c1-4-12-7-8-13(16)14(11-12)17-15(19)9-10-18(5-2)6-3/h7-8,11H,4-6,9-10H2,1-3H3,(H,17,19). The van der Waals surface area contributed by atoms with Crippen LogP contribution in [-0.2, 0) is 11.2 Å². The minimum Gasteiger partial charge on any atom is -0.325 e. The zero-order valence-corrected chi connectivity index (χ0v) is 13.6. The summed E-state index contributed by atoms with van der Waals surface area (Å²) in [6.07, 6.45) is 1.50. The van der Waals surface area contributed by atoms with Crippen molar-refractivity contribution in [3.63, 3.8) is 0 Å². The minimum atomic E-state index is 0.0702. The van der Waals surface area contributed by atoms with E-state index in [1.54, 1.807) is 0 Å². The van der Waals surface area contributed by atoms with E-state index in [9.17, 15) is 4.79 Å². The van der Waals surface area contributed by atoms with Gasteiger partial charge in [-0.25, -0.2) is 0 Å². The lowest BCUT2D eigenvalue weighted by atomic mass is 10.1. The number of carbonyl (C=O) groups is 1. The van der Waals surface area contributed by atoms with Crippen molar-refractivity contribution in [2.24, 2.45) is 0 Å². The zero-order chi connectivity index (χ0) is 14.3. The summed E-state index contributed by atoms with van der Waals surface area (Å²) in [5.41, 5.74) is 2.09. The molecule has 1 amide bonds. The van der Waals surface area contributed by atoms with E-state index in [0.29, 0.717) is 6.42 Å². The lowest BCUT2D eigenvalue weighted by Crippen LogP contribution is -2.27. The smallest absolute Gasteiger partial charge is 0.225 e. The van der Waals surface area contributed by atoms with Crippen molar-refractivity contribution in [2.75, 3.05) is 25.0 Å². The van der Waals surface area contributed by atoms with Crippen molar-refractivity contribution in [3.05, 3.63) is 28.2 Å². The first-order valence-corrected chi connectivity index (χ1v) is 7.70. The van der Waals surface area contributed by atoms with Gasteiger partial charge in [0.25, 0.3) is 0 Å². The van der Waals surface area contributed by atoms with Gasteiger partial charge in [0.15, 0.2) is 0 Å². The number of carbonyl (C=O) groups excluding carboxylic acids is 1. The summed E-state index contributed by atoms with van der Waals surface area (Å²) >= 11 is 3.47. The average Bonchev–Trinajstić information content (AvgIpc) is 2.42. The Kier molecular flexibility index (Phi) is 7.10. The molecule has 0 bridgehead atoms. The van der Waals surface area contributed by atoms with E-state index in [1.165, 1.54) is 5.56 Å². The molecule has 1 N–H and O–H groups in total. The Bertz CT molecular complexity index is 417. The van der Waals surface area contributed by atoms with Crippen LogP contribution < -0.4 is 5.32 Å². The lowest BCUT2D eigenvalue weighted by Gasteiger charge is -2.17. The maximum absolute atomic E-state index is 11.9. The number of nitrogens with one attached hydrogen (secondary N) is 1. The number of benzene rings is 1. The first-order valence-electron chi connectivity index (χ1n) is 6.91. The number of halogens is 1. The Morgan fingerprint density at radius 1 is 1.26 bits per heavy atom. The summed E-state index contributed by atoms with van der Waals surface area (Å²) in [5.74, 6) is 0.0702. The molecule has 1 aromatic rings. The van der Waals surface area contributed by atoms with E-state index in [2.05, 4.69) is 53.0 Å². The van der Waals surface area contributed by atoms with Gasteiger partial charge in [0.05, 0.1) is 5.69 Å². The third-order valence-electron chi connectivity index (χ3n) is 3.26. The van der Waals surface area contributed by atoms with Crippen molar-refractivity contribution < 1.29 is 4.79 Å². The number of rotatable bonds is 7. The Hall–Kier alpha value is -0.870. The third-order valence-corrected chi connectivity index (χ3v) is 3.95. The molecular weight excluding hydrogens is 304 g/mol. The molecule has 0 aliphatic heterocycles. The maximum Gasteiger partial charge on any atom is 0.225 e. The number of anilines is 1. The predicted molar refractivity (Wildman–Crippen MR) is 84.6 cm³/mol. The molecule has 0 saturated heterocycles. The second-order valence-electron chi connectivity index (χ2n) is 4.49. The van der Waals surface area contributed by atoms with Crippen molar-refractivity contribution in [1.82, 2.24) is 4.90 Å². The van der Waals surface area contributed by atoms with Gasteiger partial charge in [-0.05, 0) is 53.1 Å². The molecule has 0 aromatic heterocycles. The number of nitrogens with zero attached hydrogens (tertiary/aromatic N) is 1. The highest BCUT2D eigenvalue weighted by Gasteiger charge is 2.08. The quantitative estimate of drug-likeness (QED) is 0.828. The molecule has 19 heavy (non-hydrogen) atoms. The van der Waals surface area contributed by atoms with Gasteiger partial charge in [-0.15, -0.1) is 0 Å². The summed E-state index contributed by atoms with van der Waals surface area (Å²) in [5, 5.41) is 2.98. The largest absolute Gasteiger partial charge is 0.325 e. The van der Waals surface area contributed by atoms with Crippen molar-refractivity contribution >= 4 is 27.5 Å². The first-order chi connectivity index (χ1) is 9.10. The summed E-state index contributed by atoms with van der Waals surface area (Å²) in [4.78, 5) is 14.2. The Morgan fingerprint density at radius 3 is 2.53 bits per heavy atom. The molecular formula is C15H23BrN2O. The first kappa shape index (κ1) is 16.2. The van der Waals surface area contributed by atoms with E-state index >= 15 is 0 Å². The van der Waals surface area contributed by atoms with Crippen LogP contribution in [0.3, 0.4) is 0 Å². The fraction of sp³-hybridized carbons (Fsp3) is 0.533. The number of hydrogen-bond acceptors (Lipinski definition) is 2. The second kappa shape index (κ2) is 8.33. The molecule has 0 spiro atoms. The molecule has 106 valence electrons. The van der Waals surface area contributed by atoms with Crippen molar-refractivity contribution in [1.29, 1.82) is 0 Å². The zero-order valence-electron chi connectivity index (χ0n) is 12.0. The number of hydrogen-bond donors (Lipinski definition) is 1. The molecule has 0 radical (unpaired) electrons. The molecule has 1 aromatic carbocycles. The van der Waals surface area contributed by atoms with Crippen LogP contribution >= 0.6 is 15.9 Å². The van der Waals surface area contributed by atoms with Crippen LogP contribution in [-0.4, -0.2) is 30.4 Å². The normalized spacial score (nSPS) is 10.8. The van der Waals surface area contributed by atoms with Crippen LogP contribution in [0.2, 0.25) is 0 Å². The van der Waals surface area contributed by atoms with E-state index < -0.39 is 0 Å². The number of amides is 1. The summed E-state index contributed by atoms with van der Waals surface area (Å²) in [7, 11) is 0. The molecule has 0 fully saturated rings. The molecule has 0 unspecified atom stereocenters. The van der Waals surface area contributed by atoms with Gasteiger partial charge in [-0.3, -0.25) is 4.79 Å². The Labute approximate surface area is 124 Å². The van der Waals surface area contributed by atoms with Crippen molar-refractivity contribution in [2.45, 2.75) is 33.6 Å². The predicted octanol–water partition coefficient (Wildman–Crippen LogP) is 3.68. The maximum atomic E-state index is 11.9. The summed E-state index contributed by atoms with van der Waals surface area (Å²) < 4.78 is 0.931. The fourth-order valence-corrected chi connectivity index (χ4v) is 2.25. The van der Waals surface area contributed by atoms with Crippen molar-refractivity contribution in [3.8, 4) is 0 Å². The van der Waals surface area contributed by atoms with Gasteiger partial charge in [0.2, 0.25) is 5.91 Å². The summed E-state index contributed by atoms with van der Waals surface area (Å²) in [6.45, 7) is 9.11. The SMILES string of the molecule is CCc1ccc(Br)c(NC(=O)CCN(CC)CC)c1. The molecule has 0 atom stereocenters. The molecule has 0 aliphatic carbocycles. The Morgan fingerprint density at radius 2 is 1.95 bits per heavy atom. The molecule has 0 saturated carbocycles. The molecule has 0 heterocycles. The monoisotopic (exact) mass is 326 g/mol. The summed E-state index contributed by atoms with van der Waals surface area (Å²) in [6, 6.07) is 6.08. The van der Waals surface area contributed by atoms with Gasteiger partial charge in [0, 0.05) is 17.4 Å².